The predicted octanol–water partition coefficient (Wildman–Crippen LogP) is 4.40. The molecule has 4 atom stereocenters. The number of nitrogens with one attached hydrogen (secondary N) is 2. The van der Waals surface area contributed by atoms with E-state index >= 15 is 0 Å². The Balaban J connectivity index is 1.25. The number of carboxylic acids is 1. The van der Waals surface area contributed by atoms with Crippen LogP contribution < -0.4 is 20.1 Å². The molecule has 1 aromatic carbocycles. The Morgan fingerprint density at radius 2 is 1.84 bits per heavy atom. The molecule has 1 amide bonds. The maximum Gasteiger partial charge on any atom is 0.309 e. The smallest absolute Gasteiger partial charge is 0.309 e. The van der Waals surface area contributed by atoms with E-state index in [0.29, 0.717) is 61.1 Å². The zero-order chi connectivity index (χ0) is 26.9. The van der Waals surface area contributed by atoms with Crippen LogP contribution in [0.4, 0.5) is 0 Å². The molecule has 4 fully saturated rings. The number of benzene rings is 1. The van der Waals surface area contributed by atoms with Gasteiger partial charge >= 0.3 is 5.97 Å². The van der Waals surface area contributed by atoms with Gasteiger partial charge in [0.15, 0.2) is 0 Å². The monoisotopic (exact) mass is 523 g/mol. The highest BCUT2D eigenvalue weighted by molar-refractivity contribution is 5.80. The molecule has 4 aliphatic carbocycles. The average Bonchev–Trinajstić information content (AvgIpc) is 3.51. The maximum atomic E-state index is 13.2. The average molecular weight is 524 g/mol. The summed E-state index contributed by atoms with van der Waals surface area (Å²) in [6.45, 7) is 3.09. The van der Waals surface area contributed by atoms with E-state index in [2.05, 4.69) is 16.7 Å². The molecule has 5 rings (SSSR count). The lowest BCUT2D eigenvalue weighted by Gasteiger charge is -2.34. The Kier molecular flexibility index (Phi) is 7.85. The van der Waals surface area contributed by atoms with E-state index in [1.54, 1.807) is 20.1 Å². The van der Waals surface area contributed by atoms with Crippen molar-refractivity contribution in [3.05, 3.63) is 23.3 Å². The molecular weight excluding hydrogens is 482 g/mol. The van der Waals surface area contributed by atoms with Crippen LogP contribution >= 0.6 is 0 Å². The van der Waals surface area contributed by atoms with Crippen molar-refractivity contribution in [1.29, 1.82) is 5.26 Å². The highest BCUT2D eigenvalue weighted by Gasteiger charge is 2.50. The van der Waals surface area contributed by atoms with Crippen LogP contribution in [-0.2, 0) is 16.1 Å². The fourth-order valence-corrected chi connectivity index (χ4v) is 6.97. The number of amides is 1. The number of nitriles is 1. The van der Waals surface area contributed by atoms with Gasteiger partial charge in [-0.1, -0.05) is 12.8 Å². The minimum absolute atomic E-state index is 0.00108. The number of hydrogen-bond donors (Lipinski definition) is 3. The van der Waals surface area contributed by atoms with Gasteiger partial charge in [0.1, 0.15) is 17.6 Å². The van der Waals surface area contributed by atoms with Crippen molar-refractivity contribution in [2.24, 2.45) is 29.1 Å². The molecule has 4 aliphatic rings. The first-order valence-electron chi connectivity index (χ1n) is 14.3. The van der Waals surface area contributed by atoms with Crippen LogP contribution in [-0.4, -0.2) is 42.8 Å². The van der Waals surface area contributed by atoms with Gasteiger partial charge in [0.2, 0.25) is 5.91 Å². The Morgan fingerprint density at radius 1 is 1.11 bits per heavy atom. The summed E-state index contributed by atoms with van der Waals surface area (Å²) in [5.41, 5.74) is 0.585. The summed E-state index contributed by atoms with van der Waals surface area (Å²) in [5, 5.41) is 26.2. The van der Waals surface area contributed by atoms with Crippen LogP contribution in [0.1, 0.15) is 82.3 Å². The molecule has 0 spiro atoms. The van der Waals surface area contributed by atoms with Gasteiger partial charge in [-0.05, 0) is 82.1 Å². The minimum atomic E-state index is -0.762. The molecule has 0 heterocycles. The predicted molar refractivity (Wildman–Crippen MR) is 142 cm³/mol. The van der Waals surface area contributed by atoms with Crippen molar-refractivity contribution in [3.8, 4) is 17.6 Å². The number of rotatable bonds is 11. The number of carbonyl (C=O) groups is 2. The lowest BCUT2D eigenvalue weighted by Crippen LogP contribution is -2.48. The second-order valence-electron chi connectivity index (χ2n) is 12.2. The number of ether oxygens (including phenoxy) is 2. The van der Waals surface area contributed by atoms with Crippen LogP contribution in [0.5, 0.6) is 11.5 Å². The standard InChI is InChI=1S/C30H41N3O5/c1-30(29(35)36)10-7-23(8-11-30)38-25-15-22(24(37-2)14-21(25)16-31)17-33-27-20-6-5-19(13-20)26(27)28(34)32-12-9-18-3-4-18/h14-15,18-20,23,26-27,33H,3-13,17H2,1-2H3,(H,32,34)(H,35,36)/t19-,20+,23?,26+,27-,30?/m1/s1. The zero-order valence-corrected chi connectivity index (χ0v) is 22.6. The maximum absolute atomic E-state index is 13.2. The number of carbonyl (C=O) groups excluding carboxylic acids is 1. The molecule has 0 saturated heterocycles. The third-order valence-corrected chi connectivity index (χ3v) is 9.65. The second-order valence-corrected chi connectivity index (χ2v) is 12.2. The molecular formula is C30H41N3O5. The number of hydrogen-bond acceptors (Lipinski definition) is 6. The van der Waals surface area contributed by atoms with Crippen molar-refractivity contribution >= 4 is 11.9 Å². The number of carboxylic acid groups (broad SMARTS) is 1. The van der Waals surface area contributed by atoms with Gasteiger partial charge in [-0.3, -0.25) is 9.59 Å². The number of aliphatic carboxylic acids is 1. The van der Waals surface area contributed by atoms with E-state index in [9.17, 15) is 20.0 Å². The Morgan fingerprint density at radius 3 is 2.50 bits per heavy atom. The largest absolute Gasteiger partial charge is 0.496 e. The summed E-state index contributed by atoms with van der Waals surface area (Å²) < 4.78 is 11.9. The quantitative estimate of drug-likeness (QED) is 0.393. The first-order chi connectivity index (χ1) is 18.3. The first kappa shape index (κ1) is 26.8. The van der Waals surface area contributed by atoms with Crippen LogP contribution in [0.25, 0.3) is 0 Å². The van der Waals surface area contributed by atoms with E-state index in [4.69, 9.17) is 9.47 Å². The first-order valence-corrected chi connectivity index (χ1v) is 14.3. The molecule has 2 bridgehead atoms. The van der Waals surface area contributed by atoms with Crippen LogP contribution in [0.2, 0.25) is 0 Å². The topological polar surface area (TPSA) is 121 Å². The van der Waals surface area contributed by atoms with Crippen molar-refractivity contribution in [1.82, 2.24) is 10.6 Å². The minimum Gasteiger partial charge on any atom is -0.496 e. The molecule has 1 aromatic rings. The molecule has 0 radical (unpaired) electrons. The van der Waals surface area contributed by atoms with E-state index in [-0.39, 0.29) is 24.0 Å². The van der Waals surface area contributed by atoms with Crippen LogP contribution in [0.3, 0.4) is 0 Å². The third kappa shape index (κ3) is 5.63. The summed E-state index contributed by atoms with van der Waals surface area (Å²) in [4.78, 5) is 24.8. The molecule has 0 unspecified atom stereocenters. The zero-order valence-electron chi connectivity index (χ0n) is 22.6. The molecule has 0 aliphatic heterocycles. The second kappa shape index (κ2) is 11.1. The van der Waals surface area contributed by atoms with E-state index in [0.717, 1.165) is 43.7 Å². The Bertz CT molecular complexity index is 1090. The molecule has 8 heteroatoms. The summed E-state index contributed by atoms with van der Waals surface area (Å²) in [6, 6.07) is 5.96. The molecule has 4 saturated carbocycles. The molecule has 38 heavy (non-hydrogen) atoms. The van der Waals surface area contributed by atoms with Gasteiger partial charge in [0.25, 0.3) is 0 Å². The highest BCUT2D eigenvalue weighted by Crippen LogP contribution is 2.49. The Labute approximate surface area is 225 Å². The number of methoxy groups -OCH3 is 1. The summed E-state index contributed by atoms with van der Waals surface area (Å²) in [7, 11) is 1.60. The molecule has 3 N–H and O–H groups in total. The van der Waals surface area contributed by atoms with E-state index in [1.165, 1.54) is 12.8 Å². The summed E-state index contributed by atoms with van der Waals surface area (Å²) >= 11 is 0. The number of fused-ring (bicyclic) bond motifs is 2. The SMILES string of the molecule is COc1cc(C#N)c(OC2CCC(C)(C(=O)O)CC2)cc1CN[C@@H]1[C@H]2CC[C@H](C2)[C@@H]1C(=O)NCCC1CC1. The van der Waals surface area contributed by atoms with E-state index in [1.807, 2.05) is 6.07 Å². The van der Waals surface area contributed by atoms with Gasteiger partial charge in [0, 0.05) is 30.8 Å². The van der Waals surface area contributed by atoms with Crippen molar-refractivity contribution in [2.75, 3.05) is 13.7 Å². The normalized spacial score (nSPS) is 32.0. The van der Waals surface area contributed by atoms with Gasteiger partial charge < -0.3 is 25.2 Å². The van der Waals surface area contributed by atoms with Crippen LogP contribution in [0.15, 0.2) is 12.1 Å². The third-order valence-electron chi connectivity index (χ3n) is 9.65. The van der Waals surface area contributed by atoms with Gasteiger partial charge in [-0.15, -0.1) is 0 Å². The van der Waals surface area contributed by atoms with Gasteiger partial charge in [-0.25, -0.2) is 0 Å². The summed E-state index contributed by atoms with van der Waals surface area (Å²) in [6.07, 6.45) is 9.32. The molecule has 206 valence electrons. The lowest BCUT2D eigenvalue weighted by atomic mass is 9.75. The van der Waals surface area contributed by atoms with Crippen molar-refractivity contribution < 1.29 is 24.2 Å². The Hall–Kier alpha value is -2.79. The van der Waals surface area contributed by atoms with E-state index < -0.39 is 11.4 Å². The fourth-order valence-electron chi connectivity index (χ4n) is 6.97. The van der Waals surface area contributed by atoms with Crippen molar-refractivity contribution in [2.45, 2.75) is 89.8 Å². The van der Waals surface area contributed by atoms with Crippen LogP contribution in [0, 0.1) is 40.4 Å². The van der Waals surface area contributed by atoms with Gasteiger partial charge in [-0.2, -0.15) is 5.26 Å². The lowest BCUT2D eigenvalue weighted by molar-refractivity contribution is -0.150. The molecule has 8 nitrogen and oxygen atoms in total. The van der Waals surface area contributed by atoms with Gasteiger partial charge in [0.05, 0.1) is 30.1 Å². The summed E-state index contributed by atoms with van der Waals surface area (Å²) in [5.74, 6) is 2.32. The fraction of sp³-hybridized carbons (Fsp3) is 0.700. The number of nitrogens with zero attached hydrogens (tertiary/aromatic N) is 1. The molecule has 0 aromatic heterocycles. The highest BCUT2D eigenvalue weighted by atomic mass is 16.5. The van der Waals surface area contributed by atoms with Crippen molar-refractivity contribution in [3.63, 3.8) is 0 Å².